The number of halogens is 3. The molecule has 1 aromatic rings. The first-order valence-electron chi connectivity index (χ1n) is 4.27. The van der Waals surface area contributed by atoms with Crippen LogP contribution in [0.4, 0.5) is 4.39 Å². The minimum Gasteiger partial charge on any atom is -0.288 e. The molecule has 0 fully saturated rings. The molecule has 1 rings (SSSR count). The standard InChI is InChI=1S/C11H7Cl2FOS/c1-7(15)16-4-2-3-8-5-9(12)6-10(14)11(8)13/h5-6H,4H2,1H3. The van der Waals surface area contributed by atoms with Crippen LogP contribution in [0.15, 0.2) is 12.1 Å². The summed E-state index contributed by atoms with van der Waals surface area (Å²) in [5.74, 6) is 5.13. The first kappa shape index (κ1) is 13.4. The number of thioether (sulfide) groups is 1. The summed E-state index contributed by atoms with van der Waals surface area (Å²) in [7, 11) is 0. The van der Waals surface area contributed by atoms with Crippen LogP contribution in [0.5, 0.6) is 0 Å². The third kappa shape index (κ3) is 4.05. The summed E-state index contributed by atoms with van der Waals surface area (Å²) in [5, 5.41) is 0.174. The van der Waals surface area contributed by atoms with E-state index in [1.165, 1.54) is 13.0 Å². The van der Waals surface area contributed by atoms with Crippen molar-refractivity contribution in [1.29, 1.82) is 0 Å². The zero-order valence-corrected chi connectivity index (χ0v) is 10.6. The summed E-state index contributed by atoms with van der Waals surface area (Å²) >= 11 is 12.4. The lowest BCUT2D eigenvalue weighted by Crippen LogP contribution is -1.85. The largest absolute Gasteiger partial charge is 0.288 e. The van der Waals surface area contributed by atoms with Gasteiger partial charge in [0.25, 0.3) is 0 Å². The number of carbonyl (C=O) groups is 1. The number of hydrogen-bond donors (Lipinski definition) is 0. The van der Waals surface area contributed by atoms with Gasteiger partial charge in [-0.1, -0.05) is 46.8 Å². The Balaban J connectivity index is 2.84. The molecule has 0 bridgehead atoms. The van der Waals surface area contributed by atoms with Gasteiger partial charge in [0.1, 0.15) is 5.82 Å². The van der Waals surface area contributed by atoms with Crippen LogP contribution < -0.4 is 0 Å². The Morgan fingerprint density at radius 3 is 2.81 bits per heavy atom. The second-order valence-corrected chi connectivity index (χ2v) is 4.80. The maximum atomic E-state index is 13.1. The van der Waals surface area contributed by atoms with Gasteiger partial charge in [-0.25, -0.2) is 4.39 Å². The van der Waals surface area contributed by atoms with Crippen molar-refractivity contribution in [1.82, 2.24) is 0 Å². The molecule has 0 saturated heterocycles. The van der Waals surface area contributed by atoms with Crippen LogP contribution in [0, 0.1) is 17.7 Å². The second-order valence-electron chi connectivity index (χ2n) is 2.83. The lowest BCUT2D eigenvalue weighted by Gasteiger charge is -1.98. The Kier molecular flexibility index (Phi) is 5.14. The smallest absolute Gasteiger partial charge is 0.186 e. The predicted molar refractivity (Wildman–Crippen MR) is 66.4 cm³/mol. The molecule has 0 aromatic heterocycles. The molecule has 16 heavy (non-hydrogen) atoms. The van der Waals surface area contributed by atoms with Crippen molar-refractivity contribution in [2.75, 3.05) is 5.75 Å². The van der Waals surface area contributed by atoms with Gasteiger partial charge in [0.15, 0.2) is 5.12 Å². The molecule has 1 aromatic carbocycles. The molecule has 5 heteroatoms. The summed E-state index contributed by atoms with van der Waals surface area (Å²) in [5.41, 5.74) is 0.329. The van der Waals surface area contributed by atoms with E-state index in [0.29, 0.717) is 11.3 Å². The zero-order chi connectivity index (χ0) is 12.1. The molecule has 0 aliphatic rings. The summed E-state index contributed by atoms with van der Waals surface area (Å²) in [6.07, 6.45) is 0. The Morgan fingerprint density at radius 2 is 2.19 bits per heavy atom. The maximum Gasteiger partial charge on any atom is 0.186 e. The highest BCUT2D eigenvalue weighted by atomic mass is 35.5. The van der Waals surface area contributed by atoms with Crippen LogP contribution in [0.25, 0.3) is 0 Å². The summed E-state index contributed by atoms with van der Waals surface area (Å²) in [6, 6.07) is 2.61. The Morgan fingerprint density at radius 1 is 1.50 bits per heavy atom. The van der Waals surface area contributed by atoms with Gasteiger partial charge in [0.05, 0.1) is 10.8 Å². The molecule has 0 saturated carbocycles. The van der Waals surface area contributed by atoms with Crippen molar-refractivity contribution in [3.05, 3.63) is 33.6 Å². The Hall–Kier alpha value is -0.690. The van der Waals surface area contributed by atoms with Gasteiger partial charge < -0.3 is 0 Å². The SMILES string of the molecule is CC(=O)SCC#Cc1cc(Cl)cc(F)c1Cl. The van der Waals surface area contributed by atoms with E-state index in [0.717, 1.165) is 17.8 Å². The van der Waals surface area contributed by atoms with Crippen molar-refractivity contribution in [2.45, 2.75) is 6.92 Å². The van der Waals surface area contributed by atoms with Crippen LogP contribution in [-0.4, -0.2) is 10.9 Å². The second kappa shape index (κ2) is 6.15. The van der Waals surface area contributed by atoms with Crippen LogP contribution in [0.1, 0.15) is 12.5 Å². The Bertz CT molecular complexity index is 477. The van der Waals surface area contributed by atoms with Gasteiger partial charge in [0.2, 0.25) is 0 Å². The fraction of sp³-hybridized carbons (Fsp3) is 0.182. The van der Waals surface area contributed by atoms with Crippen molar-refractivity contribution in [3.63, 3.8) is 0 Å². The molecule has 0 spiro atoms. The molecule has 84 valence electrons. The van der Waals surface area contributed by atoms with Gasteiger partial charge in [-0.3, -0.25) is 4.79 Å². The van der Waals surface area contributed by atoms with E-state index in [2.05, 4.69) is 11.8 Å². The summed E-state index contributed by atoms with van der Waals surface area (Å²) in [4.78, 5) is 10.6. The number of benzene rings is 1. The lowest BCUT2D eigenvalue weighted by molar-refractivity contribution is -0.109. The Labute approximate surface area is 107 Å². The number of hydrogen-bond acceptors (Lipinski definition) is 2. The van der Waals surface area contributed by atoms with Crippen LogP contribution >= 0.6 is 35.0 Å². The van der Waals surface area contributed by atoms with E-state index < -0.39 is 5.82 Å². The third-order valence-electron chi connectivity index (χ3n) is 1.56. The maximum absolute atomic E-state index is 13.1. The van der Waals surface area contributed by atoms with Crippen molar-refractivity contribution in [2.24, 2.45) is 0 Å². The average molecular weight is 277 g/mol. The van der Waals surface area contributed by atoms with E-state index in [1.54, 1.807) is 0 Å². The van der Waals surface area contributed by atoms with Gasteiger partial charge in [-0.15, -0.1) is 0 Å². The topological polar surface area (TPSA) is 17.1 Å². The number of carbonyl (C=O) groups excluding carboxylic acids is 1. The van der Waals surface area contributed by atoms with E-state index in [4.69, 9.17) is 23.2 Å². The van der Waals surface area contributed by atoms with Gasteiger partial charge in [-0.2, -0.15) is 0 Å². The molecular weight excluding hydrogens is 270 g/mol. The monoisotopic (exact) mass is 276 g/mol. The van der Waals surface area contributed by atoms with Crippen molar-refractivity contribution < 1.29 is 9.18 Å². The first-order valence-corrected chi connectivity index (χ1v) is 6.01. The minimum atomic E-state index is -0.599. The van der Waals surface area contributed by atoms with E-state index in [9.17, 15) is 9.18 Å². The van der Waals surface area contributed by atoms with Crippen LogP contribution in [0.3, 0.4) is 0 Å². The van der Waals surface area contributed by atoms with E-state index in [-0.39, 0.29) is 15.2 Å². The highest BCUT2D eigenvalue weighted by molar-refractivity contribution is 8.13. The normalized spacial score (nSPS) is 9.50. The number of rotatable bonds is 1. The molecule has 0 aliphatic carbocycles. The molecular formula is C11H7Cl2FOS. The average Bonchev–Trinajstić information content (AvgIpc) is 2.19. The first-order chi connectivity index (χ1) is 7.50. The lowest BCUT2D eigenvalue weighted by atomic mass is 10.2. The van der Waals surface area contributed by atoms with Gasteiger partial charge >= 0.3 is 0 Å². The molecule has 0 atom stereocenters. The molecule has 0 N–H and O–H groups in total. The highest BCUT2D eigenvalue weighted by Gasteiger charge is 2.05. The van der Waals surface area contributed by atoms with Gasteiger partial charge in [0, 0.05) is 17.5 Å². The van der Waals surface area contributed by atoms with E-state index in [1.807, 2.05) is 0 Å². The summed E-state index contributed by atoms with van der Waals surface area (Å²) in [6.45, 7) is 1.46. The molecule has 0 radical (unpaired) electrons. The van der Waals surface area contributed by atoms with Crippen LogP contribution in [0.2, 0.25) is 10.0 Å². The third-order valence-corrected chi connectivity index (χ3v) is 2.86. The molecule has 1 nitrogen and oxygen atoms in total. The predicted octanol–water partition coefficient (Wildman–Crippen LogP) is 3.76. The van der Waals surface area contributed by atoms with E-state index >= 15 is 0 Å². The molecule has 0 unspecified atom stereocenters. The highest BCUT2D eigenvalue weighted by Crippen LogP contribution is 2.23. The van der Waals surface area contributed by atoms with Crippen LogP contribution in [-0.2, 0) is 4.79 Å². The summed E-state index contributed by atoms with van der Waals surface area (Å²) < 4.78 is 13.1. The van der Waals surface area contributed by atoms with Crippen molar-refractivity contribution >= 4 is 40.1 Å². The zero-order valence-electron chi connectivity index (χ0n) is 8.31. The quantitative estimate of drug-likeness (QED) is 0.574. The van der Waals surface area contributed by atoms with Crippen molar-refractivity contribution in [3.8, 4) is 11.8 Å². The molecule has 0 amide bonds. The van der Waals surface area contributed by atoms with Gasteiger partial charge in [-0.05, 0) is 12.1 Å². The fourth-order valence-corrected chi connectivity index (χ4v) is 1.62. The molecule has 0 aliphatic heterocycles. The minimum absolute atomic E-state index is 0.0160. The fourth-order valence-electron chi connectivity index (χ4n) is 0.916. The molecule has 0 heterocycles.